The number of ether oxygens (including phenoxy) is 2. The van der Waals surface area contributed by atoms with E-state index >= 15 is 0 Å². The SMILES string of the molecule is COc1cc(C)cc(C(=O)C2CC3CCC(C2)O3)c1. The number of carbonyl (C=O) groups excluding carboxylic acids is 1. The Morgan fingerprint density at radius 3 is 2.53 bits per heavy atom. The molecule has 3 rings (SSSR count). The summed E-state index contributed by atoms with van der Waals surface area (Å²) in [5.41, 5.74) is 1.85. The average Bonchev–Trinajstić information content (AvgIpc) is 2.75. The van der Waals surface area contributed by atoms with Crippen molar-refractivity contribution in [3.8, 4) is 5.75 Å². The number of benzene rings is 1. The zero-order valence-electron chi connectivity index (χ0n) is 11.5. The van der Waals surface area contributed by atoms with Crippen LogP contribution in [-0.4, -0.2) is 25.1 Å². The maximum Gasteiger partial charge on any atom is 0.166 e. The summed E-state index contributed by atoms with van der Waals surface area (Å²) in [6.07, 6.45) is 4.60. The summed E-state index contributed by atoms with van der Waals surface area (Å²) in [7, 11) is 1.64. The highest BCUT2D eigenvalue weighted by Crippen LogP contribution is 2.37. The Bertz CT molecular complexity index is 483. The molecule has 0 aliphatic carbocycles. The third kappa shape index (κ3) is 2.52. The van der Waals surface area contributed by atoms with Crippen molar-refractivity contribution in [2.45, 2.75) is 44.8 Å². The van der Waals surface area contributed by atoms with E-state index in [2.05, 4.69) is 0 Å². The van der Waals surface area contributed by atoms with E-state index in [1.807, 2.05) is 25.1 Å². The van der Waals surface area contributed by atoms with Crippen LogP contribution in [0.2, 0.25) is 0 Å². The van der Waals surface area contributed by atoms with Gasteiger partial charge in [-0.1, -0.05) is 0 Å². The third-order valence-electron chi connectivity index (χ3n) is 4.23. The van der Waals surface area contributed by atoms with Crippen molar-refractivity contribution >= 4 is 5.78 Å². The fourth-order valence-corrected chi connectivity index (χ4v) is 3.32. The predicted molar refractivity (Wildman–Crippen MR) is 72.7 cm³/mol. The first kappa shape index (κ1) is 12.7. The first-order valence-corrected chi connectivity index (χ1v) is 7.01. The van der Waals surface area contributed by atoms with E-state index in [1.165, 1.54) is 0 Å². The molecular formula is C16H20O3. The van der Waals surface area contributed by atoms with Crippen molar-refractivity contribution in [1.82, 2.24) is 0 Å². The van der Waals surface area contributed by atoms with E-state index in [0.29, 0.717) is 12.2 Å². The minimum Gasteiger partial charge on any atom is -0.497 e. The maximum atomic E-state index is 12.6. The monoisotopic (exact) mass is 260 g/mol. The van der Waals surface area contributed by atoms with Crippen LogP contribution < -0.4 is 4.74 Å². The largest absolute Gasteiger partial charge is 0.497 e. The molecule has 0 N–H and O–H groups in total. The Hall–Kier alpha value is -1.35. The van der Waals surface area contributed by atoms with Gasteiger partial charge >= 0.3 is 0 Å². The minimum atomic E-state index is 0.123. The summed E-state index contributed by atoms with van der Waals surface area (Å²) >= 11 is 0. The van der Waals surface area contributed by atoms with Crippen LogP contribution in [0.4, 0.5) is 0 Å². The molecule has 2 aliphatic heterocycles. The Kier molecular flexibility index (Phi) is 3.31. The molecule has 1 aromatic rings. The van der Waals surface area contributed by atoms with Crippen molar-refractivity contribution < 1.29 is 14.3 Å². The quantitative estimate of drug-likeness (QED) is 0.783. The molecule has 19 heavy (non-hydrogen) atoms. The number of aryl methyl sites for hydroxylation is 1. The Morgan fingerprint density at radius 1 is 1.21 bits per heavy atom. The molecule has 0 aromatic heterocycles. The van der Waals surface area contributed by atoms with Crippen LogP contribution in [-0.2, 0) is 4.74 Å². The summed E-state index contributed by atoms with van der Waals surface area (Å²) < 4.78 is 11.1. The van der Waals surface area contributed by atoms with Gasteiger partial charge in [0.05, 0.1) is 19.3 Å². The Balaban J connectivity index is 1.81. The number of hydrogen-bond donors (Lipinski definition) is 0. The van der Waals surface area contributed by atoms with Crippen LogP contribution in [0.1, 0.15) is 41.6 Å². The molecule has 2 fully saturated rings. The number of methoxy groups -OCH3 is 1. The molecule has 0 radical (unpaired) electrons. The summed E-state index contributed by atoms with van der Waals surface area (Å²) in [5, 5.41) is 0. The molecule has 0 saturated carbocycles. The second-order valence-electron chi connectivity index (χ2n) is 5.73. The average molecular weight is 260 g/mol. The zero-order chi connectivity index (χ0) is 13.4. The molecule has 2 saturated heterocycles. The summed E-state index contributed by atoms with van der Waals surface area (Å²) in [4.78, 5) is 12.6. The van der Waals surface area contributed by atoms with Crippen LogP contribution in [0, 0.1) is 12.8 Å². The van der Waals surface area contributed by atoms with Crippen LogP contribution in [0.25, 0.3) is 0 Å². The van der Waals surface area contributed by atoms with Gasteiger partial charge in [-0.3, -0.25) is 4.79 Å². The van der Waals surface area contributed by atoms with Gasteiger partial charge in [-0.15, -0.1) is 0 Å². The summed E-state index contributed by atoms with van der Waals surface area (Å²) in [6.45, 7) is 1.99. The second kappa shape index (κ2) is 4.97. The van der Waals surface area contributed by atoms with E-state index in [0.717, 1.165) is 42.6 Å². The maximum absolute atomic E-state index is 12.6. The van der Waals surface area contributed by atoms with Crippen molar-refractivity contribution in [3.05, 3.63) is 29.3 Å². The fourth-order valence-electron chi connectivity index (χ4n) is 3.32. The van der Waals surface area contributed by atoms with Gasteiger partial charge in [-0.25, -0.2) is 0 Å². The highest BCUT2D eigenvalue weighted by atomic mass is 16.5. The lowest BCUT2D eigenvalue weighted by Gasteiger charge is -2.27. The lowest BCUT2D eigenvalue weighted by atomic mass is 9.87. The van der Waals surface area contributed by atoms with E-state index in [4.69, 9.17) is 9.47 Å². The molecule has 102 valence electrons. The number of Topliss-reactive ketones (excluding diaryl/α,β-unsaturated/α-hetero) is 1. The molecule has 2 bridgehead atoms. The van der Waals surface area contributed by atoms with Crippen molar-refractivity contribution in [2.75, 3.05) is 7.11 Å². The third-order valence-corrected chi connectivity index (χ3v) is 4.23. The van der Waals surface area contributed by atoms with Gasteiger partial charge in [-0.05, 0) is 56.4 Å². The molecular weight excluding hydrogens is 240 g/mol. The number of fused-ring (bicyclic) bond motifs is 2. The van der Waals surface area contributed by atoms with Gasteiger partial charge in [0, 0.05) is 11.5 Å². The fraction of sp³-hybridized carbons (Fsp3) is 0.562. The molecule has 3 nitrogen and oxygen atoms in total. The molecule has 2 heterocycles. The van der Waals surface area contributed by atoms with E-state index in [9.17, 15) is 4.79 Å². The van der Waals surface area contributed by atoms with Gasteiger partial charge in [0.1, 0.15) is 5.75 Å². The number of ketones is 1. The molecule has 2 atom stereocenters. The van der Waals surface area contributed by atoms with Gasteiger partial charge < -0.3 is 9.47 Å². The second-order valence-corrected chi connectivity index (χ2v) is 5.73. The highest BCUT2D eigenvalue weighted by Gasteiger charge is 2.38. The highest BCUT2D eigenvalue weighted by molar-refractivity contribution is 5.98. The van der Waals surface area contributed by atoms with Gasteiger partial charge in [-0.2, -0.15) is 0 Å². The lowest BCUT2D eigenvalue weighted by Crippen LogP contribution is -2.30. The topological polar surface area (TPSA) is 35.5 Å². The van der Waals surface area contributed by atoms with Gasteiger partial charge in [0.2, 0.25) is 0 Å². The molecule has 0 amide bonds. The normalized spacial score (nSPS) is 29.3. The predicted octanol–water partition coefficient (Wildman–Crippen LogP) is 3.14. The van der Waals surface area contributed by atoms with Crippen LogP contribution in [0.3, 0.4) is 0 Å². The number of carbonyl (C=O) groups is 1. The van der Waals surface area contributed by atoms with Gasteiger partial charge in [0.15, 0.2) is 5.78 Å². The molecule has 3 heteroatoms. The molecule has 2 aliphatic rings. The molecule has 0 spiro atoms. The van der Waals surface area contributed by atoms with Gasteiger partial charge in [0.25, 0.3) is 0 Å². The summed E-state index contributed by atoms with van der Waals surface area (Å²) in [6, 6.07) is 5.76. The number of hydrogen-bond acceptors (Lipinski definition) is 3. The van der Waals surface area contributed by atoms with Crippen molar-refractivity contribution in [1.29, 1.82) is 0 Å². The standard InChI is InChI=1S/C16H20O3/c1-10-5-11(9-15(6-10)18-2)16(17)12-7-13-3-4-14(8-12)19-13/h5-6,9,12-14H,3-4,7-8H2,1-2H3. The van der Waals surface area contributed by atoms with E-state index in [-0.39, 0.29) is 11.7 Å². The van der Waals surface area contributed by atoms with Crippen molar-refractivity contribution in [2.24, 2.45) is 5.92 Å². The summed E-state index contributed by atoms with van der Waals surface area (Å²) in [5.74, 6) is 1.14. The Morgan fingerprint density at radius 2 is 1.89 bits per heavy atom. The molecule has 2 unspecified atom stereocenters. The number of rotatable bonds is 3. The molecule has 1 aromatic carbocycles. The lowest BCUT2D eigenvalue weighted by molar-refractivity contribution is -0.0149. The van der Waals surface area contributed by atoms with Crippen molar-refractivity contribution in [3.63, 3.8) is 0 Å². The van der Waals surface area contributed by atoms with Crippen LogP contribution in [0.5, 0.6) is 5.75 Å². The van der Waals surface area contributed by atoms with E-state index < -0.39 is 0 Å². The first-order chi connectivity index (χ1) is 9.15. The minimum absolute atomic E-state index is 0.123. The van der Waals surface area contributed by atoms with Crippen LogP contribution >= 0.6 is 0 Å². The first-order valence-electron chi connectivity index (χ1n) is 7.01. The Labute approximate surface area is 113 Å². The smallest absolute Gasteiger partial charge is 0.166 e. The zero-order valence-corrected chi connectivity index (χ0v) is 11.5. The van der Waals surface area contributed by atoms with Crippen LogP contribution in [0.15, 0.2) is 18.2 Å². The van der Waals surface area contributed by atoms with E-state index in [1.54, 1.807) is 7.11 Å².